The third-order valence-corrected chi connectivity index (χ3v) is 6.04. The summed E-state index contributed by atoms with van der Waals surface area (Å²) in [6.07, 6.45) is 0. The van der Waals surface area contributed by atoms with Gasteiger partial charge in [0, 0.05) is 26.3 Å². The number of carbonyl (C=O) groups is 1. The minimum atomic E-state index is -3.83. The number of hydrogen-bond acceptors (Lipinski definition) is 5. The number of carbonyl (C=O) groups excluding carboxylic acids is 1. The minimum absolute atomic E-state index is 0.0851. The van der Waals surface area contributed by atoms with Gasteiger partial charge in [0.2, 0.25) is 9.84 Å². The van der Waals surface area contributed by atoms with Crippen molar-refractivity contribution in [2.75, 3.05) is 20.2 Å². The van der Waals surface area contributed by atoms with Crippen molar-refractivity contribution in [1.29, 1.82) is 0 Å². The molecule has 7 nitrogen and oxygen atoms in total. The highest BCUT2D eigenvalue weighted by atomic mass is 32.2. The number of sulfone groups is 1. The summed E-state index contributed by atoms with van der Waals surface area (Å²) in [6, 6.07) is 7.77. The quantitative estimate of drug-likeness (QED) is 0.721. The average Bonchev–Trinajstić information content (AvgIpc) is 3.07. The van der Waals surface area contributed by atoms with Gasteiger partial charge in [-0.1, -0.05) is 26.0 Å². The first-order valence-electron chi connectivity index (χ1n) is 8.98. The van der Waals surface area contributed by atoms with E-state index in [9.17, 15) is 13.2 Å². The smallest absolute Gasteiger partial charge is 0.345 e. The van der Waals surface area contributed by atoms with E-state index in [1.807, 2.05) is 27.7 Å². The minimum Gasteiger partial charge on any atom is -0.378 e. The number of benzene rings is 1. The van der Waals surface area contributed by atoms with Gasteiger partial charge in [-0.05, 0) is 37.5 Å². The zero-order valence-corrected chi connectivity index (χ0v) is 17.3. The normalized spacial score (nSPS) is 11.8. The molecule has 0 radical (unpaired) electrons. The van der Waals surface area contributed by atoms with E-state index in [0.717, 1.165) is 10.2 Å². The van der Waals surface area contributed by atoms with Crippen molar-refractivity contribution in [3.63, 3.8) is 0 Å². The molecule has 8 heteroatoms. The number of nitrogens with zero attached hydrogens (tertiary/aromatic N) is 3. The maximum Gasteiger partial charge on any atom is 0.345 e. The lowest BCUT2D eigenvalue weighted by Gasteiger charge is -2.19. The first-order chi connectivity index (χ1) is 12.8. The molecule has 0 spiro atoms. The lowest BCUT2D eigenvalue weighted by atomic mass is 10.0. The Morgan fingerprint density at radius 1 is 1.19 bits per heavy atom. The summed E-state index contributed by atoms with van der Waals surface area (Å²) in [5.41, 5.74) is 1.45. The molecule has 2 aromatic rings. The molecule has 148 valence electrons. The van der Waals surface area contributed by atoms with Crippen LogP contribution in [0.1, 0.15) is 44.9 Å². The van der Waals surface area contributed by atoms with Crippen LogP contribution in [0.4, 0.5) is 4.79 Å². The lowest BCUT2D eigenvalue weighted by molar-refractivity contribution is 0.170. The molecule has 0 N–H and O–H groups in total. The third-order valence-electron chi connectivity index (χ3n) is 4.40. The molecule has 0 aliphatic heterocycles. The molecule has 0 bridgehead atoms. The van der Waals surface area contributed by atoms with Gasteiger partial charge >= 0.3 is 6.03 Å². The summed E-state index contributed by atoms with van der Waals surface area (Å²) in [5.74, 6) is 0.306. The molecule has 0 saturated heterocycles. The molecule has 1 aromatic carbocycles. The number of amides is 1. The Morgan fingerprint density at radius 3 is 2.26 bits per heavy atom. The van der Waals surface area contributed by atoms with E-state index in [2.05, 4.69) is 5.10 Å². The molecule has 0 fully saturated rings. The van der Waals surface area contributed by atoms with E-state index in [1.165, 1.54) is 13.2 Å². The van der Waals surface area contributed by atoms with Crippen LogP contribution in [0.15, 0.2) is 40.3 Å². The maximum absolute atomic E-state index is 13.0. The van der Waals surface area contributed by atoms with E-state index in [0.29, 0.717) is 24.7 Å². The van der Waals surface area contributed by atoms with E-state index >= 15 is 0 Å². The first-order valence-corrected chi connectivity index (χ1v) is 10.5. The number of ether oxygens (including phenoxy) is 1. The van der Waals surface area contributed by atoms with Crippen LogP contribution in [-0.4, -0.2) is 49.3 Å². The number of aromatic nitrogens is 2. The van der Waals surface area contributed by atoms with Crippen LogP contribution >= 0.6 is 0 Å². The molecular formula is C19H27N3O4S. The van der Waals surface area contributed by atoms with Crippen LogP contribution in [0.3, 0.4) is 0 Å². The standard InChI is InChI=1S/C19H27N3O4S/c1-6-21(7-2)19(23)22-16(13-26-5)12-18(20-22)27(24,25)17-10-8-15(9-11-17)14(3)4/h8-12,14H,6-7,13H2,1-5H3. The zero-order valence-electron chi connectivity index (χ0n) is 16.5. The highest BCUT2D eigenvalue weighted by Crippen LogP contribution is 2.23. The Balaban J connectivity index is 2.48. The van der Waals surface area contributed by atoms with Crippen molar-refractivity contribution in [3.8, 4) is 0 Å². The van der Waals surface area contributed by atoms with E-state index in [-0.39, 0.29) is 22.6 Å². The molecule has 1 amide bonds. The Morgan fingerprint density at radius 2 is 1.78 bits per heavy atom. The second kappa shape index (κ2) is 8.67. The van der Waals surface area contributed by atoms with Gasteiger partial charge < -0.3 is 9.64 Å². The van der Waals surface area contributed by atoms with Crippen molar-refractivity contribution in [2.45, 2.75) is 50.1 Å². The summed E-state index contributed by atoms with van der Waals surface area (Å²) in [4.78, 5) is 14.4. The third kappa shape index (κ3) is 4.39. The van der Waals surface area contributed by atoms with Gasteiger partial charge in [0.15, 0.2) is 5.03 Å². The lowest BCUT2D eigenvalue weighted by Crippen LogP contribution is -2.36. The second-order valence-corrected chi connectivity index (χ2v) is 8.40. The maximum atomic E-state index is 13.0. The Kier molecular flexibility index (Phi) is 6.78. The average molecular weight is 394 g/mol. The largest absolute Gasteiger partial charge is 0.378 e. The summed E-state index contributed by atoms with van der Waals surface area (Å²) in [6.45, 7) is 8.88. The summed E-state index contributed by atoms with van der Waals surface area (Å²) < 4.78 is 32.2. The van der Waals surface area contributed by atoms with Crippen molar-refractivity contribution < 1.29 is 17.9 Å². The van der Waals surface area contributed by atoms with Crippen LogP contribution in [0, 0.1) is 0 Å². The van der Waals surface area contributed by atoms with Crippen molar-refractivity contribution in [1.82, 2.24) is 14.7 Å². The molecule has 0 atom stereocenters. The SMILES string of the molecule is CCN(CC)C(=O)n1nc(S(=O)(=O)c2ccc(C(C)C)cc2)cc1COC. The number of hydrogen-bond donors (Lipinski definition) is 0. The van der Waals surface area contributed by atoms with Gasteiger partial charge in [0.1, 0.15) is 0 Å². The monoisotopic (exact) mass is 393 g/mol. The fourth-order valence-corrected chi connectivity index (χ4v) is 3.94. The van der Waals surface area contributed by atoms with Gasteiger partial charge in [-0.2, -0.15) is 9.78 Å². The Labute approximate surface area is 160 Å². The van der Waals surface area contributed by atoms with Crippen LogP contribution in [0.25, 0.3) is 0 Å². The Bertz CT molecular complexity index is 882. The molecule has 0 aliphatic rings. The summed E-state index contributed by atoms with van der Waals surface area (Å²) in [5, 5.41) is 3.95. The fourth-order valence-electron chi connectivity index (χ4n) is 2.72. The Hall–Kier alpha value is -2.19. The molecule has 1 heterocycles. The van der Waals surface area contributed by atoms with Crippen molar-refractivity contribution in [3.05, 3.63) is 41.6 Å². The highest BCUT2D eigenvalue weighted by Gasteiger charge is 2.26. The van der Waals surface area contributed by atoms with Gasteiger partial charge in [0.05, 0.1) is 17.2 Å². The highest BCUT2D eigenvalue weighted by molar-refractivity contribution is 7.91. The molecule has 0 unspecified atom stereocenters. The van der Waals surface area contributed by atoms with Crippen molar-refractivity contribution in [2.24, 2.45) is 0 Å². The summed E-state index contributed by atoms with van der Waals surface area (Å²) in [7, 11) is -2.35. The topological polar surface area (TPSA) is 81.5 Å². The van der Waals surface area contributed by atoms with Gasteiger partial charge in [-0.3, -0.25) is 0 Å². The second-order valence-electron chi connectivity index (χ2n) is 6.50. The predicted octanol–water partition coefficient (Wildman–Crippen LogP) is 3.30. The van der Waals surface area contributed by atoms with Crippen LogP contribution in [-0.2, 0) is 21.2 Å². The van der Waals surface area contributed by atoms with Gasteiger partial charge in [0.25, 0.3) is 0 Å². The van der Waals surface area contributed by atoms with Gasteiger partial charge in [-0.25, -0.2) is 13.2 Å². The number of rotatable bonds is 7. The van der Waals surface area contributed by atoms with Crippen LogP contribution < -0.4 is 0 Å². The molecule has 0 aliphatic carbocycles. The molecule has 27 heavy (non-hydrogen) atoms. The van der Waals surface area contributed by atoms with Crippen LogP contribution in [0.2, 0.25) is 0 Å². The van der Waals surface area contributed by atoms with E-state index in [1.54, 1.807) is 29.2 Å². The van der Waals surface area contributed by atoms with Gasteiger partial charge in [-0.15, -0.1) is 0 Å². The molecule has 0 saturated carbocycles. The first kappa shape index (κ1) is 21.1. The molecule has 1 aromatic heterocycles. The molecular weight excluding hydrogens is 366 g/mol. The van der Waals surface area contributed by atoms with Crippen molar-refractivity contribution >= 4 is 15.9 Å². The predicted molar refractivity (Wildman–Crippen MR) is 103 cm³/mol. The summed E-state index contributed by atoms with van der Waals surface area (Å²) >= 11 is 0. The zero-order chi connectivity index (χ0) is 20.2. The molecule has 2 rings (SSSR count). The van der Waals surface area contributed by atoms with E-state index in [4.69, 9.17) is 4.74 Å². The fraction of sp³-hybridized carbons (Fsp3) is 0.474. The van der Waals surface area contributed by atoms with Crippen LogP contribution in [0.5, 0.6) is 0 Å². The van der Waals surface area contributed by atoms with E-state index < -0.39 is 9.84 Å². The number of methoxy groups -OCH3 is 1.